The van der Waals surface area contributed by atoms with Gasteiger partial charge in [0, 0.05) is 31.9 Å². The summed E-state index contributed by atoms with van der Waals surface area (Å²) in [5.41, 5.74) is 5.81. The van der Waals surface area contributed by atoms with Gasteiger partial charge in [-0.25, -0.2) is 0 Å². The van der Waals surface area contributed by atoms with Crippen LogP contribution in [0.1, 0.15) is 13.8 Å². The van der Waals surface area contributed by atoms with Crippen LogP contribution in [0.15, 0.2) is 0 Å². The molecule has 0 spiro atoms. The van der Waals surface area contributed by atoms with Gasteiger partial charge in [0.25, 0.3) is 0 Å². The zero-order valence-electron chi connectivity index (χ0n) is 17.1. The average molecular weight is 474 g/mol. The van der Waals surface area contributed by atoms with Crippen molar-refractivity contribution in [2.24, 2.45) is 5.73 Å². The van der Waals surface area contributed by atoms with Crippen LogP contribution in [0.25, 0.3) is 0 Å². The normalized spacial score (nSPS) is 13.4. The third kappa shape index (κ3) is 18.8. The molecule has 1 amide bonds. The lowest BCUT2D eigenvalue weighted by atomic mass is 10.3. The molecule has 0 saturated heterocycles. The Hall–Kier alpha value is -1.21. The zero-order valence-corrected chi connectivity index (χ0v) is 18.8. The quantitative estimate of drug-likeness (QED) is 0.113. The predicted molar refractivity (Wildman–Crippen MR) is 109 cm³/mol. The molecule has 176 valence electrons. The van der Waals surface area contributed by atoms with E-state index in [4.69, 9.17) is 34.5 Å². The third-order valence-electron chi connectivity index (χ3n) is 3.19. The first kappa shape index (κ1) is 28.8. The molecule has 0 fully saturated rings. The van der Waals surface area contributed by atoms with Crippen LogP contribution in [0.2, 0.25) is 0 Å². The Morgan fingerprint density at radius 3 is 2.23 bits per heavy atom. The number of rotatable bonds is 17. The number of carbonyl (C=O) groups excluding carboxylic acids is 3. The van der Waals surface area contributed by atoms with Gasteiger partial charge in [-0.1, -0.05) is 0 Å². The van der Waals surface area contributed by atoms with Gasteiger partial charge in [-0.2, -0.15) is 11.8 Å². The fourth-order valence-corrected chi connectivity index (χ4v) is 3.18. The van der Waals surface area contributed by atoms with Gasteiger partial charge in [-0.15, -0.1) is 0 Å². The second-order valence-corrected chi connectivity index (χ2v) is 8.93. The number of nitrogens with one attached hydrogen (secondary N) is 1. The molecule has 0 aliphatic rings. The minimum Gasteiger partial charge on any atom is -0.462 e. The van der Waals surface area contributed by atoms with Crippen molar-refractivity contribution in [2.75, 3.05) is 57.2 Å². The van der Waals surface area contributed by atoms with E-state index < -0.39 is 31.7 Å². The largest absolute Gasteiger partial charge is 0.462 e. The van der Waals surface area contributed by atoms with Crippen molar-refractivity contribution in [1.82, 2.24) is 5.32 Å². The van der Waals surface area contributed by atoms with Crippen LogP contribution in [-0.4, -0.2) is 97.0 Å². The molecular formula is C16H31N2O10PS. The predicted octanol–water partition coefficient (Wildman–Crippen LogP) is -1.13. The number of nitrogens with two attached hydrogens (primary N) is 1. The highest BCUT2D eigenvalue weighted by molar-refractivity contribution is 7.99. The van der Waals surface area contributed by atoms with Gasteiger partial charge >= 0.3 is 19.5 Å². The maximum Gasteiger partial charge on any atom is 0.327 e. The molecule has 0 saturated carbocycles. The summed E-state index contributed by atoms with van der Waals surface area (Å²) < 4.78 is 30.7. The van der Waals surface area contributed by atoms with Crippen molar-refractivity contribution in [1.29, 1.82) is 0 Å². The Balaban J connectivity index is 3.83. The first-order chi connectivity index (χ1) is 14.0. The molecule has 2 atom stereocenters. The molecule has 0 bridgehead atoms. The molecule has 0 aliphatic heterocycles. The van der Waals surface area contributed by atoms with Crippen molar-refractivity contribution < 1.29 is 47.7 Å². The lowest BCUT2D eigenvalue weighted by Crippen LogP contribution is -2.43. The topological polar surface area (TPSA) is 184 Å². The summed E-state index contributed by atoms with van der Waals surface area (Å²) in [7, 11) is -4.05. The number of amides is 1. The Morgan fingerprint density at radius 2 is 1.67 bits per heavy atom. The lowest BCUT2D eigenvalue weighted by molar-refractivity contribution is -0.154. The molecule has 0 aromatic rings. The van der Waals surface area contributed by atoms with E-state index in [0.29, 0.717) is 5.75 Å². The smallest absolute Gasteiger partial charge is 0.327 e. The van der Waals surface area contributed by atoms with Gasteiger partial charge < -0.3 is 39.8 Å². The third-order valence-corrected chi connectivity index (χ3v) is 5.16. The average Bonchev–Trinajstić information content (AvgIpc) is 2.62. The van der Waals surface area contributed by atoms with E-state index in [9.17, 15) is 18.9 Å². The van der Waals surface area contributed by atoms with Crippen molar-refractivity contribution in [3.8, 4) is 0 Å². The fraction of sp³-hybridized carbons (Fsp3) is 0.812. The molecule has 12 nitrogen and oxygen atoms in total. The summed E-state index contributed by atoms with van der Waals surface area (Å²) in [4.78, 5) is 51.2. The van der Waals surface area contributed by atoms with Crippen LogP contribution < -0.4 is 11.1 Å². The second-order valence-electron chi connectivity index (χ2n) is 6.08. The first-order valence-corrected chi connectivity index (χ1v) is 12.1. The molecule has 0 unspecified atom stereocenters. The van der Waals surface area contributed by atoms with Gasteiger partial charge in [-0.05, 0) is 0 Å². The highest BCUT2D eigenvalue weighted by atomic mass is 32.2. The molecule has 14 heteroatoms. The van der Waals surface area contributed by atoms with Gasteiger partial charge in [0.15, 0.2) is 0 Å². The van der Waals surface area contributed by atoms with Crippen LogP contribution >= 0.6 is 19.4 Å². The molecular weight excluding hydrogens is 443 g/mol. The second kappa shape index (κ2) is 16.5. The van der Waals surface area contributed by atoms with E-state index in [1.54, 1.807) is 0 Å². The molecule has 0 aromatic heterocycles. The highest BCUT2D eigenvalue weighted by Crippen LogP contribution is 2.33. The van der Waals surface area contributed by atoms with Gasteiger partial charge in [-0.3, -0.25) is 18.9 Å². The SMILES string of the molecule is CC(=O)OC[C@H](CSC[C@H](N)C(=O)NCCOCCOCCP(=O)(O)O)OC(C)=O. The molecule has 0 radical (unpaired) electrons. The number of hydrogen-bond acceptors (Lipinski definition) is 10. The van der Waals surface area contributed by atoms with Gasteiger partial charge in [0.05, 0.1) is 38.6 Å². The summed E-state index contributed by atoms with van der Waals surface area (Å²) in [6, 6.07) is -0.780. The van der Waals surface area contributed by atoms with Crippen LogP contribution in [0.4, 0.5) is 0 Å². The standard InChI is InChI=1S/C16H31N2O10PS/c1-12(19)27-9-14(28-13(2)20)10-30-11-15(17)16(21)18-3-4-25-5-6-26-7-8-29(22,23)24/h14-15H,3-11,17H2,1-2H3,(H,18,21)(H2,22,23,24)/t14-,15+/m1/s1. The van der Waals surface area contributed by atoms with E-state index >= 15 is 0 Å². The number of carbonyl (C=O) groups is 3. The zero-order chi connectivity index (χ0) is 23.0. The van der Waals surface area contributed by atoms with Crippen LogP contribution in [0.5, 0.6) is 0 Å². The lowest BCUT2D eigenvalue weighted by Gasteiger charge is -2.17. The highest BCUT2D eigenvalue weighted by Gasteiger charge is 2.17. The van der Waals surface area contributed by atoms with E-state index in [-0.39, 0.29) is 57.4 Å². The maximum atomic E-state index is 11.9. The summed E-state index contributed by atoms with van der Waals surface area (Å²) in [6.45, 7) is 3.24. The van der Waals surface area contributed by atoms with Gasteiger partial charge in [0.1, 0.15) is 12.7 Å². The molecule has 30 heavy (non-hydrogen) atoms. The number of ether oxygens (including phenoxy) is 4. The molecule has 0 aliphatic carbocycles. The van der Waals surface area contributed by atoms with Crippen LogP contribution in [-0.2, 0) is 37.9 Å². The Kier molecular flexibility index (Phi) is 15.8. The Morgan fingerprint density at radius 1 is 1.03 bits per heavy atom. The Labute approximate surface area is 179 Å². The van der Waals surface area contributed by atoms with Crippen molar-refractivity contribution in [3.05, 3.63) is 0 Å². The molecule has 0 aromatic carbocycles. The van der Waals surface area contributed by atoms with Crippen LogP contribution in [0.3, 0.4) is 0 Å². The van der Waals surface area contributed by atoms with Gasteiger partial charge in [0.2, 0.25) is 5.91 Å². The summed E-state index contributed by atoms with van der Waals surface area (Å²) in [5.74, 6) is -0.755. The molecule has 0 heterocycles. The summed E-state index contributed by atoms with van der Waals surface area (Å²) >= 11 is 1.29. The van der Waals surface area contributed by atoms with Crippen molar-refractivity contribution in [3.63, 3.8) is 0 Å². The minimum absolute atomic E-state index is 0.0594. The number of thioether (sulfide) groups is 1. The van der Waals surface area contributed by atoms with E-state index in [0.717, 1.165) is 0 Å². The molecule has 5 N–H and O–H groups in total. The van der Waals surface area contributed by atoms with Crippen molar-refractivity contribution in [2.45, 2.75) is 26.0 Å². The van der Waals surface area contributed by atoms with E-state index in [2.05, 4.69) is 5.32 Å². The van der Waals surface area contributed by atoms with E-state index in [1.807, 2.05) is 0 Å². The van der Waals surface area contributed by atoms with E-state index in [1.165, 1.54) is 25.6 Å². The maximum absolute atomic E-state index is 11.9. The minimum atomic E-state index is -4.05. The first-order valence-electron chi connectivity index (χ1n) is 9.13. The monoisotopic (exact) mass is 474 g/mol. The molecule has 0 rings (SSSR count). The number of esters is 2. The van der Waals surface area contributed by atoms with Crippen LogP contribution in [0, 0.1) is 0 Å². The summed E-state index contributed by atoms with van der Waals surface area (Å²) in [6.07, 6.45) is -0.964. The van der Waals surface area contributed by atoms with Crippen molar-refractivity contribution >= 4 is 37.2 Å². The Bertz CT molecular complexity index is 574. The fourth-order valence-electron chi connectivity index (χ4n) is 1.85. The number of hydrogen-bond donors (Lipinski definition) is 4. The summed E-state index contributed by atoms with van der Waals surface area (Å²) in [5, 5.41) is 2.61.